The minimum absolute atomic E-state index is 0.00624. The average Bonchev–Trinajstić information content (AvgIpc) is 2.79. The van der Waals surface area contributed by atoms with Gasteiger partial charge in [0, 0.05) is 32.4 Å². The maximum atomic E-state index is 12.1. The van der Waals surface area contributed by atoms with Gasteiger partial charge in [0.15, 0.2) is 0 Å². The zero-order valence-corrected chi connectivity index (χ0v) is 13.5. The van der Waals surface area contributed by atoms with Gasteiger partial charge in [-0.1, -0.05) is 0 Å². The molecule has 0 bridgehead atoms. The number of nitrogens with one attached hydrogen (secondary N) is 1. The average molecular weight is 345 g/mol. The molecule has 2 heterocycles. The number of ether oxygens (including phenoxy) is 1. The number of hydrogen-bond acceptors (Lipinski definition) is 4. The lowest BCUT2D eigenvalue weighted by atomic mass is 10.3. The van der Waals surface area contributed by atoms with E-state index in [1.54, 1.807) is 4.68 Å². The highest BCUT2D eigenvalue weighted by Crippen LogP contribution is 2.16. The predicted molar refractivity (Wildman–Crippen MR) is 79.6 cm³/mol. The monoisotopic (exact) mass is 344 g/mol. The summed E-state index contributed by atoms with van der Waals surface area (Å²) in [7, 11) is 0. The summed E-state index contributed by atoms with van der Waals surface area (Å²) in [5.74, 6) is -0.00624. The lowest BCUT2D eigenvalue weighted by Crippen LogP contribution is -2.42. The summed E-state index contributed by atoms with van der Waals surface area (Å²) in [4.78, 5) is 14.4. The molecular weight excluding hydrogens is 324 g/mol. The third-order valence-corrected chi connectivity index (χ3v) is 4.24. The highest BCUT2D eigenvalue weighted by molar-refractivity contribution is 9.10. The van der Waals surface area contributed by atoms with Crippen LogP contribution in [-0.2, 0) is 9.53 Å². The Kier molecular flexibility index (Phi) is 5.56. The third kappa shape index (κ3) is 4.04. The Morgan fingerprint density at radius 3 is 2.85 bits per heavy atom. The van der Waals surface area contributed by atoms with E-state index in [0.29, 0.717) is 6.54 Å². The van der Waals surface area contributed by atoms with Crippen molar-refractivity contribution in [2.45, 2.75) is 19.9 Å². The molecule has 1 aromatic rings. The number of morpholine rings is 1. The van der Waals surface area contributed by atoms with Crippen molar-refractivity contribution in [3.8, 4) is 0 Å². The molecule has 0 aliphatic carbocycles. The summed E-state index contributed by atoms with van der Waals surface area (Å²) in [5.41, 5.74) is 0.887. The molecule has 1 N–H and O–H groups in total. The first-order valence-corrected chi connectivity index (χ1v) is 7.66. The fourth-order valence-corrected chi connectivity index (χ4v) is 2.38. The molecule has 112 valence electrons. The van der Waals surface area contributed by atoms with E-state index >= 15 is 0 Å². The Labute approximate surface area is 127 Å². The number of aryl methyl sites for hydroxylation is 1. The molecule has 7 heteroatoms. The molecule has 20 heavy (non-hydrogen) atoms. The van der Waals surface area contributed by atoms with Crippen LogP contribution in [0.5, 0.6) is 0 Å². The summed E-state index contributed by atoms with van der Waals surface area (Å²) in [5, 5.41) is 7.27. The van der Waals surface area contributed by atoms with Crippen LogP contribution in [0.25, 0.3) is 0 Å². The summed E-state index contributed by atoms with van der Waals surface area (Å²) in [6.45, 7) is 8.73. The number of nitrogens with zero attached hydrogens (tertiary/aromatic N) is 3. The molecule has 1 aliphatic heterocycles. The van der Waals surface area contributed by atoms with E-state index < -0.39 is 0 Å². The standard InChI is InChI=1S/C13H21BrN4O2/c1-10-12(14)9-18(16-10)11(2)13(19)15-3-4-17-5-7-20-8-6-17/h9,11H,3-8H2,1-2H3,(H,15,19). The van der Waals surface area contributed by atoms with Crippen molar-refractivity contribution in [3.05, 3.63) is 16.4 Å². The van der Waals surface area contributed by atoms with Gasteiger partial charge in [0.1, 0.15) is 6.04 Å². The molecular formula is C13H21BrN4O2. The highest BCUT2D eigenvalue weighted by atomic mass is 79.9. The SMILES string of the molecule is Cc1nn(C(C)C(=O)NCCN2CCOCC2)cc1Br. The highest BCUT2D eigenvalue weighted by Gasteiger charge is 2.17. The second kappa shape index (κ2) is 7.19. The third-order valence-electron chi connectivity index (χ3n) is 3.46. The molecule has 1 aromatic heterocycles. The number of hydrogen-bond donors (Lipinski definition) is 1. The molecule has 0 saturated carbocycles. The summed E-state index contributed by atoms with van der Waals surface area (Å²) >= 11 is 3.40. The molecule has 1 aliphatic rings. The van der Waals surface area contributed by atoms with Gasteiger partial charge in [0.2, 0.25) is 5.91 Å². The summed E-state index contributed by atoms with van der Waals surface area (Å²) < 4.78 is 7.90. The van der Waals surface area contributed by atoms with E-state index in [1.807, 2.05) is 20.0 Å². The molecule has 0 aromatic carbocycles. The van der Waals surface area contributed by atoms with Gasteiger partial charge < -0.3 is 10.1 Å². The van der Waals surface area contributed by atoms with Gasteiger partial charge >= 0.3 is 0 Å². The van der Waals surface area contributed by atoms with Crippen molar-refractivity contribution in [3.63, 3.8) is 0 Å². The van der Waals surface area contributed by atoms with Gasteiger partial charge in [0.05, 0.1) is 23.4 Å². The van der Waals surface area contributed by atoms with Crippen LogP contribution in [0.4, 0.5) is 0 Å². The number of amides is 1. The van der Waals surface area contributed by atoms with Crippen molar-refractivity contribution in [1.82, 2.24) is 20.0 Å². The van der Waals surface area contributed by atoms with Gasteiger partial charge in [-0.05, 0) is 29.8 Å². The van der Waals surface area contributed by atoms with Crippen LogP contribution >= 0.6 is 15.9 Å². The zero-order valence-electron chi connectivity index (χ0n) is 11.9. The Bertz CT molecular complexity index is 438. The molecule has 6 nitrogen and oxygen atoms in total. The molecule has 0 spiro atoms. The largest absolute Gasteiger partial charge is 0.379 e. The van der Waals surface area contributed by atoms with E-state index in [2.05, 4.69) is 31.2 Å². The first-order valence-electron chi connectivity index (χ1n) is 6.87. The van der Waals surface area contributed by atoms with Crippen LogP contribution in [0, 0.1) is 6.92 Å². The van der Waals surface area contributed by atoms with Crippen molar-refractivity contribution < 1.29 is 9.53 Å². The van der Waals surface area contributed by atoms with Crippen LogP contribution in [-0.4, -0.2) is 60.0 Å². The summed E-state index contributed by atoms with van der Waals surface area (Å²) in [6.07, 6.45) is 1.83. The van der Waals surface area contributed by atoms with E-state index in [1.165, 1.54) is 0 Å². The number of halogens is 1. The van der Waals surface area contributed by atoms with E-state index in [0.717, 1.165) is 43.0 Å². The van der Waals surface area contributed by atoms with Crippen molar-refractivity contribution in [2.75, 3.05) is 39.4 Å². The van der Waals surface area contributed by atoms with Crippen LogP contribution in [0.2, 0.25) is 0 Å². The number of carbonyl (C=O) groups is 1. The van der Waals surface area contributed by atoms with Gasteiger partial charge in [0.25, 0.3) is 0 Å². The second-order valence-electron chi connectivity index (χ2n) is 4.96. The lowest BCUT2D eigenvalue weighted by Gasteiger charge is -2.26. The molecule has 1 fully saturated rings. The van der Waals surface area contributed by atoms with E-state index in [4.69, 9.17) is 4.74 Å². The first kappa shape index (κ1) is 15.5. The molecule has 1 saturated heterocycles. The van der Waals surface area contributed by atoms with Crippen molar-refractivity contribution >= 4 is 21.8 Å². The van der Waals surface area contributed by atoms with Gasteiger partial charge in [-0.25, -0.2) is 0 Å². The van der Waals surface area contributed by atoms with Crippen molar-refractivity contribution in [1.29, 1.82) is 0 Å². The maximum Gasteiger partial charge on any atom is 0.244 e. The number of rotatable bonds is 5. The maximum absolute atomic E-state index is 12.1. The Hall–Kier alpha value is -0.920. The van der Waals surface area contributed by atoms with Crippen LogP contribution in [0.15, 0.2) is 10.7 Å². The minimum Gasteiger partial charge on any atom is -0.379 e. The fourth-order valence-electron chi connectivity index (χ4n) is 2.09. The van der Waals surface area contributed by atoms with E-state index in [-0.39, 0.29) is 11.9 Å². The molecule has 2 rings (SSSR count). The minimum atomic E-state index is -0.301. The Morgan fingerprint density at radius 1 is 1.55 bits per heavy atom. The van der Waals surface area contributed by atoms with Crippen LogP contribution < -0.4 is 5.32 Å². The van der Waals surface area contributed by atoms with E-state index in [9.17, 15) is 4.79 Å². The Balaban J connectivity index is 1.76. The van der Waals surface area contributed by atoms with Gasteiger partial charge in [-0.3, -0.25) is 14.4 Å². The smallest absolute Gasteiger partial charge is 0.244 e. The fraction of sp³-hybridized carbons (Fsp3) is 0.692. The van der Waals surface area contributed by atoms with Crippen LogP contribution in [0.3, 0.4) is 0 Å². The molecule has 1 amide bonds. The molecule has 1 unspecified atom stereocenters. The predicted octanol–water partition coefficient (Wildman–Crippen LogP) is 0.963. The number of aromatic nitrogens is 2. The summed E-state index contributed by atoms with van der Waals surface area (Å²) in [6, 6.07) is -0.301. The molecule has 1 atom stereocenters. The zero-order chi connectivity index (χ0) is 14.5. The quantitative estimate of drug-likeness (QED) is 0.864. The topological polar surface area (TPSA) is 59.4 Å². The first-order chi connectivity index (χ1) is 9.58. The lowest BCUT2D eigenvalue weighted by molar-refractivity contribution is -0.124. The second-order valence-corrected chi connectivity index (χ2v) is 5.82. The number of carbonyl (C=O) groups excluding carboxylic acids is 1. The Morgan fingerprint density at radius 2 is 2.25 bits per heavy atom. The molecule has 0 radical (unpaired) electrons. The van der Waals surface area contributed by atoms with Crippen molar-refractivity contribution in [2.24, 2.45) is 0 Å². The van der Waals surface area contributed by atoms with Gasteiger partial charge in [-0.2, -0.15) is 5.10 Å². The van der Waals surface area contributed by atoms with Gasteiger partial charge in [-0.15, -0.1) is 0 Å². The van der Waals surface area contributed by atoms with Crippen LogP contribution in [0.1, 0.15) is 18.7 Å². The normalized spacial score (nSPS) is 17.9.